The maximum atomic E-state index is 13.8. The van der Waals surface area contributed by atoms with E-state index in [0.717, 1.165) is 6.07 Å². The number of likely N-dealkylation sites (N-methyl/N-ethyl adjacent to an activating group) is 1. The van der Waals surface area contributed by atoms with Crippen molar-refractivity contribution < 1.29 is 13.6 Å². The summed E-state index contributed by atoms with van der Waals surface area (Å²) in [6.07, 6.45) is 0. The van der Waals surface area contributed by atoms with Gasteiger partial charge in [0.2, 0.25) is 5.91 Å². The van der Waals surface area contributed by atoms with Crippen LogP contribution in [0.25, 0.3) is 0 Å². The summed E-state index contributed by atoms with van der Waals surface area (Å²) < 4.78 is 27.0. The number of nitrogen functional groups attached to an aromatic ring is 1. The van der Waals surface area contributed by atoms with Gasteiger partial charge >= 0.3 is 0 Å². The zero-order valence-corrected chi connectivity index (χ0v) is 11.3. The Morgan fingerprint density at radius 1 is 1.42 bits per heavy atom. The van der Waals surface area contributed by atoms with Crippen LogP contribution in [0, 0.1) is 11.6 Å². The predicted molar refractivity (Wildman–Crippen MR) is 71.9 cm³/mol. The van der Waals surface area contributed by atoms with Gasteiger partial charge in [-0.05, 0) is 32.9 Å². The molecule has 0 atom stereocenters. The van der Waals surface area contributed by atoms with Crippen LogP contribution in [0.15, 0.2) is 12.1 Å². The summed E-state index contributed by atoms with van der Waals surface area (Å²) in [6.45, 7) is 5.67. The fourth-order valence-electron chi connectivity index (χ4n) is 1.77. The van der Waals surface area contributed by atoms with E-state index in [1.165, 1.54) is 11.0 Å². The molecule has 4 nitrogen and oxygen atoms in total. The van der Waals surface area contributed by atoms with Gasteiger partial charge < -0.3 is 16.0 Å². The fraction of sp³-hybridized carbons (Fsp3) is 0.462. The van der Waals surface area contributed by atoms with Gasteiger partial charge in [-0.15, -0.1) is 0 Å². The standard InChI is InChI=1S/C13H19F2N3O/c1-4-18(7-11(19)17-8(2)3)13-10(16)6-5-9(14)12(13)15/h5-6,8H,4,7,16H2,1-3H3,(H,17,19). The highest BCUT2D eigenvalue weighted by Crippen LogP contribution is 2.28. The minimum atomic E-state index is -1.03. The molecule has 1 rings (SSSR count). The Morgan fingerprint density at radius 3 is 2.58 bits per heavy atom. The van der Waals surface area contributed by atoms with Gasteiger partial charge in [0.25, 0.3) is 0 Å². The van der Waals surface area contributed by atoms with Crippen molar-refractivity contribution in [2.45, 2.75) is 26.8 Å². The minimum absolute atomic E-state index is 0.0130. The van der Waals surface area contributed by atoms with Crippen molar-refractivity contribution in [2.24, 2.45) is 0 Å². The first-order valence-corrected chi connectivity index (χ1v) is 6.14. The first-order chi connectivity index (χ1) is 8.86. The van der Waals surface area contributed by atoms with Crippen molar-refractivity contribution >= 4 is 17.3 Å². The number of nitrogens with two attached hydrogens (primary N) is 1. The number of amides is 1. The van der Waals surface area contributed by atoms with Gasteiger partial charge in [-0.1, -0.05) is 0 Å². The number of anilines is 2. The SMILES string of the molecule is CCN(CC(=O)NC(C)C)c1c(N)ccc(F)c1F. The quantitative estimate of drug-likeness (QED) is 0.804. The molecule has 1 aromatic carbocycles. The van der Waals surface area contributed by atoms with Crippen molar-refractivity contribution in [3.05, 3.63) is 23.8 Å². The number of hydrogen-bond acceptors (Lipinski definition) is 3. The van der Waals surface area contributed by atoms with Gasteiger partial charge in [0, 0.05) is 12.6 Å². The Bertz CT molecular complexity index is 463. The van der Waals surface area contributed by atoms with E-state index in [-0.39, 0.29) is 29.9 Å². The Hall–Kier alpha value is -1.85. The smallest absolute Gasteiger partial charge is 0.239 e. The van der Waals surface area contributed by atoms with Gasteiger partial charge in [-0.3, -0.25) is 4.79 Å². The van der Waals surface area contributed by atoms with E-state index in [9.17, 15) is 13.6 Å². The number of hydrogen-bond donors (Lipinski definition) is 2. The van der Waals surface area contributed by atoms with Crippen molar-refractivity contribution in [3.63, 3.8) is 0 Å². The third kappa shape index (κ3) is 3.81. The summed E-state index contributed by atoms with van der Waals surface area (Å²) in [7, 11) is 0. The highest BCUT2D eigenvalue weighted by Gasteiger charge is 2.19. The summed E-state index contributed by atoms with van der Waals surface area (Å²) >= 11 is 0. The molecule has 3 N–H and O–H groups in total. The van der Waals surface area contributed by atoms with Gasteiger partial charge in [0.15, 0.2) is 11.6 Å². The molecule has 0 heterocycles. The molecule has 0 aliphatic rings. The number of rotatable bonds is 5. The molecule has 0 aromatic heterocycles. The maximum Gasteiger partial charge on any atom is 0.239 e. The number of carbonyl (C=O) groups is 1. The van der Waals surface area contributed by atoms with Crippen LogP contribution in [0.1, 0.15) is 20.8 Å². The second kappa shape index (κ2) is 6.36. The molecule has 0 fully saturated rings. The Kier molecular flexibility index (Phi) is 5.09. The summed E-state index contributed by atoms with van der Waals surface area (Å²) in [4.78, 5) is 13.1. The van der Waals surface area contributed by atoms with Crippen LogP contribution in [0.5, 0.6) is 0 Å². The Morgan fingerprint density at radius 2 is 2.05 bits per heavy atom. The largest absolute Gasteiger partial charge is 0.397 e. The molecular formula is C13H19F2N3O. The Balaban J connectivity index is 2.98. The monoisotopic (exact) mass is 271 g/mol. The van der Waals surface area contributed by atoms with Gasteiger partial charge in [0.1, 0.15) is 0 Å². The summed E-state index contributed by atoms with van der Waals surface area (Å²) in [5.74, 6) is -2.27. The molecular weight excluding hydrogens is 252 g/mol. The zero-order valence-electron chi connectivity index (χ0n) is 11.3. The third-order valence-corrected chi connectivity index (χ3v) is 2.58. The molecule has 0 saturated heterocycles. The minimum Gasteiger partial charge on any atom is -0.397 e. The second-order valence-electron chi connectivity index (χ2n) is 4.54. The van der Waals surface area contributed by atoms with Crippen molar-refractivity contribution in [1.29, 1.82) is 0 Å². The van der Waals surface area contributed by atoms with Crippen molar-refractivity contribution in [3.8, 4) is 0 Å². The lowest BCUT2D eigenvalue weighted by atomic mass is 10.2. The lowest BCUT2D eigenvalue weighted by Gasteiger charge is -2.25. The molecule has 0 aliphatic heterocycles. The van der Waals surface area contributed by atoms with Crippen LogP contribution >= 0.6 is 0 Å². The van der Waals surface area contributed by atoms with E-state index in [2.05, 4.69) is 5.32 Å². The van der Waals surface area contributed by atoms with Crippen LogP contribution < -0.4 is 16.0 Å². The molecule has 106 valence electrons. The molecule has 1 aromatic rings. The van der Waals surface area contributed by atoms with Gasteiger partial charge in [-0.25, -0.2) is 8.78 Å². The molecule has 0 saturated carbocycles. The summed E-state index contributed by atoms with van der Waals surface area (Å²) in [6, 6.07) is 2.24. The molecule has 0 unspecified atom stereocenters. The fourth-order valence-corrected chi connectivity index (χ4v) is 1.77. The average molecular weight is 271 g/mol. The van der Waals surface area contributed by atoms with Crippen LogP contribution in [0.3, 0.4) is 0 Å². The number of nitrogens with zero attached hydrogens (tertiary/aromatic N) is 1. The maximum absolute atomic E-state index is 13.8. The predicted octanol–water partition coefficient (Wildman–Crippen LogP) is 1.90. The first-order valence-electron chi connectivity index (χ1n) is 6.14. The van der Waals surface area contributed by atoms with Crippen LogP contribution in [0.4, 0.5) is 20.2 Å². The number of carbonyl (C=O) groups excluding carboxylic acids is 1. The molecule has 0 spiro atoms. The van der Waals surface area contributed by atoms with Crippen LogP contribution in [0.2, 0.25) is 0 Å². The highest BCUT2D eigenvalue weighted by molar-refractivity contribution is 5.83. The third-order valence-electron chi connectivity index (χ3n) is 2.58. The van der Waals surface area contributed by atoms with Gasteiger partial charge in [-0.2, -0.15) is 0 Å². The average Bonchev–Trinajstić information content (AvgIpc) is 2.32. The van der Waals surface area contributed by atoms with Crippen molar-refractivity contribution in [2.75, 3.05) is 23.7 Å². The van der Waals surface area contributed by atoms with E-state index in [1.54, 1.807) is 6.92 Å². The molecule has 0 aliphatic carbocycles. The normalized spacial score (nSPS) is 10.6. The zero-order chi connectivity index (χ0) is 14.6. The summed E-state index contributed by atoms with van der Waals surface area (Å²) in [5, 5.41) is 2.69. The van der Waals surface area contributed by atoms with Crippen LogP contribution in [-0.2, 0) is 4.79 Å². The van der Waals surface area contributed by atoms with E-state index in [1.807, 2.05) is 13.8 Å². The molecule has 0 radical (unpaired) electrons. The van der Waals surface area contributed by atoms with E-state index in [0.29, 0.717) is 6.54 Å². The molecule has 0 bridgehead atoms. The lowest BCUT2D eigenvalue weighted by molar-refractivity contribution is -0.120. The number of nitrogens with one attached hydrogen (secondary N) is 1. The Labute approximate surface area is 111 Å². The molecule has 19 heavy (non-hydrogen) atoms. The van der Waals surface area contributed by atoms with Crippen molar-refractivity contribution in [1.82, 2.24) is 5.32 Å². The number of halogens is 2. The van der Waals surface area contributed by atoms with Crippen LogP contribution in [-0.4, -0.2) is 25.0 Å². The van der Waals surface area contributed by atoms with E-state index in [4.69, 9.17) is 5.73 Å². The molecule has 1 amide bonds. The van der Waals surface area contributed by atoms with Gasteiger partial charge in [0.05, 0.1) is 17.9 Å². The summed E-state index contributed by atoms with van der Waals surface area (Å²) in [5.41, 5.74) is 5.70. The van der Waals surface area contributed by atoms with E-state index < -0.39 is 11.6 Å². The molecule has 6 heteroatoms. The van der Waals surface area contributed by atoms with E-state index >= 15 is 0 Å². The number of benzene rings is 1. The second-order valence-corrected chi connectivity index (χ2v) is 4.54. The first kappa shape index (κ1) is 15.2. The highest BCUT2D eigenvalue weighted by atomic mass is 19.2. The lowest BCUT2D eigenvalue weighted by Crippen LogP contribution is -2.40. The topological polar surface area (TPSA) is 58.4 Å².